The van der Waals surface area contributed by atoms with E-state index in [2.05, 4.69) is 4.99 Å². The number of hydrogen-bond acceptors (Lipinski definition) is 1. The lowest BCUT2D eigenvalue weighted by Gasteiger charge is -1.87. The van der Waals surface area contributed by atoms with Gasteiger partial charge in [-0.25, -0.2) is 0 Å². The van der Waals surface area contributed by atoms with Gasteiger partial charge in [0, 0.05) is 12.4 Å². The van der Waals surface area contributed by atoms with Crippen LogP contribution in [-0.2, 0) is 0 Å². The summed E-state index contributed by atoms with van der Waals surface area (Å²) in [5.74, 6) is 0. The first-order chi connectivity index (χ1) is 4.39. The summed E-state index contributed by atoms with van der Waals surface area (Å²) in [6.45, 7) is 2.04. The minimum atomic E-state index is 1.23. The molecule has 1 heterocycles. The van der Waals surface area contributed by atoms with Gasteiger partial charge in [-0.3, -0.25) is 4.99 Å². The standard InChI is InChI=1S/C8H9N/c1-8-4-2-3-6-9-7-5-8/h2-7H,1H3/b3-2?,4-2-,6-3+,7-5?,8-4?,8-5+,9-6?,9-7-. The number of allylic oxidation sites excluding steroid dienone is 5. The summed E-state index contributed by atoms with van der Waals surface area (Å²) < 4.78 is 0. The van der Waals surface area contributed by atoms with E-state index in [1.165, 1.54) is 5.57 Å². The third-order valence-electron chi connectivity index (χ3n) is 1.07. The molecule has 0 atom stereocenters. The van der Waals surface area contributed by atoms with Crippen LogP contribution >= 0.6 is 0 Å². The Hall–Kier alpha value is -1.11. The molecule has 0 unspecified atom stereocenters. The lowest BCUT2D eigenvalue weighted by Crippen LogP contribution is -1.71. The minimum Gasteiger partial charge on any atom is -0.265 e. The molecule has 0 saturated heterocycles. The first-order valence-corrected chi connectivity index (χ1v) is 2.93. The Morgan fingerprint density at radius 1 is 1.33 bits per heavy atom. The molecule has 1 heteroatoms. The maximum Gasteiger partial charge on any atom is 0.0270 e. The number of aliphatic imine (C=N–C) groups is 1. The molecule has 0 N–H and O–H groups in total. The highest BCUT2D eigenvalue weighted by Crippen LogP contribution is 1.95. The monoisotopic (exact) mass is 119 g/mol. The van der Waals surface area contributed by atoms with Gasteiger partial charge in [-0.1, -0.05) is 12.2 Å². The molecule has 0 amide bonds. The Morgan fingerprint density at radius 2 is 2.22 bits per heavy atom. The number of rotatable bonds is 0. The summed E-state index contributed by atoms with van der Waals surface area (Å²) in [4.78, 5) is 3.95. The van der Waals surface area contributed by atoms with Crippen molar-refractivity contribution in [2.45, 2.75) is 6.92 Å². The topological polar surface area (TPSA) is 12.4 Å². The van der Waals surface area contributed by atoms with Gasteiger partial charge < -0.3 is 0 Å². The molecular formula is C8H9N. The molecule has 0 aromatic carbocycles. The predicted octanol–water partition coefficient (Wildman–Crippen LogP) is 2.09. The normalized spacial score (nSPS) is 33.2. The average Bonchev–Trinajstić information content (AvgIpc) is 1.79. The van der Waals surface area contributed by atoms with E-state index in [1.807, 2.05) is 31.2 Å². The SMILES string of the molecule is CC1=C\C=N/C=C/C=C\1. The van der Waals surface area contributed by atoms with Crippen LogP contribution in [0.1, 0.15) is 6.92 Å². The molecule has 9 heavy (non-hydrogen) atoms. The second-order valence-corrected chi connectivity index (χ2v) is 1.91. The molecule has 0 aromatic rings. The smallest absolute Gasteiger partial charge is 0.0270 e. The van der Waals surface area contributed by atoms with Gasteiger partial charge in [-0.05, 0) is 24.6 Å². The third kappa shape index (κ3) is 2.08. The van der Waals surface area contributed by atoms with Crippen LogP contribution in [0.3, 0.4) is 0 Å². The molecule has 0 aromatic heterocycles. The Morgan fingerprint density at radius 3 is 3.11 bits per heavy atom. The molecule has 0 bridgehead atoms. The van der Waals surface area contributed by atoms with Gasteiger partial charge >= 0.3 is 0 Å². The van der Waals surface area contributed by atoms with E-state index in [0.717, 1.165) is 0 Å². The van der Waals surface area contributed by atoms with E-state index in [1.54, 1.807) is 12.4 Å². The lowest BCUT2D eigenvalue weighted by molar-refractivity contribution is 1.50. The summed E-state index contributed by atoms with van der Waals surface area (Å²) in [5.41, 5.74) is 1.23. The highest BCUT2D eigenvalue weighted by atomic mass is 14.7. The molecule has 46 valence electrons. The minimum absolute atomic E-state index is 1.23. The molecule has 1 rings (SSSR count). The molecule has 1 aliphatic rings. The highest BCUT2D eigenvalue weighted by molar-refractivity contribution is 5.73. The van der Waals surface area contributed by atoms with Crippen LogP contribution in [-0.4, -0.2) is 6.21 Å². The molecule has 0 fully saturated rings. The van der Waals surface area contributed by atoms with Crippen molar-refractivity contribution >= 4 is 6.21 Å². The van der Waals surface area contributed by atoms with Crippen molar-refractivity contribution in [2.24, 2.45) is 4.99 Å². The Labute approximate surface area is 55.1 Å². The molecule has 0 radical (unpaired) electrons. The first kappa shape index (κ1) is 6.02. The third-order valence-corrected chi connectivity index (χ3v) is 1.07. The van der Waals surface area contributed by atoms with Crippen LogP contribution in [0.4, 0.5) is 0 Å². The fraction of sp³-hybridized carbons (Fsp3) is 0.125. The Kier molecular flexibility index (Phi) is 2.02. The van der Waals surface area contributed by atoms with Crippen LogP contribution in [0, 0.1) is 0 Å². The Balaban J connectivity index is 2.77. The van der Waals surface area contributed by atoms with Crippen molar-refractivity contribution in [1.29, 1.82) is 0 Å². The lowest BCUT2D eigenvalue weighted by atomic mass is 10.2. The summed E-state index contributed by atoms with van der Waals surface area (Å²) in [6, 6.07) is 0. The zero-order valence-corrected chi connectivity index (χ0v) is 5.41. The quantitative estimate of drug-likeness (QED) is 0.463. The maximum atomic E-state index is 3.95. The molecule has 1 nitrogen and oxygen atoms in total. The molecule has 1 aliphatic heterocycles. The summed E-state index contributed by atoms with van der Waals surface area (Å²) in [5, 5.41) is 0. The van der Waals surface area contributed by atoms with Crippen LogP contribution in [0.5, 0.6) is 0 Å². The second kappa shape index (κ2) is 3.02. The molecule has 0 spiro atoms. The van der Waals surface area contributed by atoms with Crippen LogP contribution in [0.15, 0.2) is 41.1 Å². The van der Waals surface area contributed by atoms with E-state index in [0.29, 0.717) is 0 Å². The van der Waals surface area contributed by atoms with E-state index in [-0.39, 0.29) is 0 Å². The molecule has 0 aliphatic carbocycles. The van der Waals surface area contributed by atoms with Crippen molar-refractivity contribution in [1.82, 2.24) is 0 Å². The summed E-state index contributed by atoms with van der Waals surface area (Å²) in [6.07, 6.45) is 11.5. The maximum absolute atomic E-state index is 3.95. The highest BCUT2D eigenvalue weighted by Gasteiger charge is 1.77. The summed E-state index contributed by atoms with van der Waals surface area (Å²) in [7, 11) is 0. The fourth-order valence-corrected chi connectivity index (χ4v) is 0.573. The molecule has 0 saturated carbocycles. The van der Waals surface area contributed by atoms with Crippen molar-refractivity contribution < 1.29 is 0 Å². The van der Waals surface area contributed by atoms with E-state index in [9.17, 15) is 0 Å². The van der Waals surface area contributed by atoms with Crippen molar-refractivity contribution in [3.63, 3.8) is 0 Å². The van der Waals surface area contributed by atoms with E-state index >= 15 is 0 Å². The van der Waals surface area contributed by atoms with E-state index in [4.69, 9.17) is 0 Å². The summed E-state index contributed by atoms with van der Waals surface area (Å²) >= 11 is 0. The Bertz CT molecular complexity index is 195. The van der Waals surface area contributed by atoms with Crippen LogP contribution < -0.4 is 0 Å². The van der Waals surface area contributed by atoms with E-state index < -0.39 is 0 Å². The zero-order valence-electron chi connectivity index (χ0n) is 5.41. The number of nitrogens with zero attached hydrogens (tertiary/aromatic N) is 1. The van der Waals surface area contributed by atoms with Crippen LogP contribution in [0.2, 0.25) is 0 Å². The van der Waals surface area contributed by atoms with Gasteiger partial charge in [-0.2, -0.15) is 0 Å². The second-order valence-electron chi connectivity index (χ2n) is 1.91. The average molecular weight is 119 g/mol. The predicted molar refractivity (Wildman–Crippen MR) is 40.5 cm³/mol. The van der Waals surface area contributed by atoms with Gasteiger partial charge in [0.2, 0.25) is 0 Å². The van der Waals surface area contributed by atoms with Gasteiger partial charge in [-0.15, -0.1) is 0 Å². The fourth-order valence-electron chi connectivity index (χ4n) is 0.573. The van der Waals surface area contributed by atoms with Crippen molar-refractivity contribution in [2.75, 3.05) is 0 Å². The largest absolute Gasteiger partial charge is 0.265 e. The van der Waals surface area contributed by atoms with Crippen molar-refractivity contribution in [3.05, 3.63) is 36.1 Å². The van der Waals surface area contributed by atoms with Gasteiger partial charge in [0.25, 0.3) is 0 Å². The number of hydrogen-bond donors (Lipinski definition) is 0. The van der Waals surface area contributed by atoms with Crippen LogP contribution in [0.25, 0.3) is 0 Å². The van der Waals surface area contributed by atoms with Gasteiger partial charge in [0.1, 0.15) is 0 Å². The van der Waals surface area contributed by atoms with Gasteiger partial charge in [0.05, 0.1) is 0 Å². The first-order valence-electron chi connectivity index (χ1n) is 2.93. The molecular weight excluding hydrogens is 110 g/mol. The van der Waals surface area contributed by atoms with Crippen molar-refractivity contribution in [3.8, 4) is 0 Å². The zero-order chi connectivity index (χ0) is 6.53. The van der Waals surface area contributed by atoms with Gasteiger partial charge in [0.15, 0.2) is 0 Å².